The Morgan fingerprint density at radius 2 is 2.12 bits per heavy atom. The molecule has 0 bridgehead atoms. The molecule has 1 aromatic carbocycles. The van der Waals surface area contributed by atoms with Crippen molar-refractivity contribution in [3.8, 4) is 0 Å². The number of aromatic nitrogens is 1. The van der Waals surface area contributed by atoms with Crippen LogP contribution in [0.25, 0.3) is 10.8 Å². The van der Waals surface area contributed by atoms with Crippen molar-refractivity contribution in [3.05, 3.63) is 54.6 Å². The SMILES string of the molecule is O=C1C=COC(c2cncc3ccccc23)C1. The number of ether oxygens (including phenoxy) is 1. The fraction of sp³-hybridized carbons (Fsp3) is 0.143. The van der Waals surface area contributed by atoms with Gasteiger partial charge in [-0.3, -0.25) is 9.78 Å². The van der Waals surface area contributed by atoms with Crippen molar-refractivity contribution in [2.45, 2.75) is 12.5 Å². The smallest absolute Gasteiger partial charge is 0.162 e. The molecule has 84 valence electrons. The van der Waals surface area contributed by atoms with Crippen LogP contribution in [0.15, 0.2) is 49.0 Å². The molecule has 2 aromatic rings. The van der Waals surface area contributed by atoms with Gasteiger partial charge in [-0.25, -0.2) is 0 Å². The number of nitrogens with zero attached hydrogens (tertiary/aromatic N) is 1. The van der Waals surface area contributed by atoms with Gasteiger partial charge in [0.2, 0.25) is 0 Å². The number of carbonyl (C=O) groups is 1. The summed E-state index contributed by atoms with van der Waals surface area (Å²) in [4.78, 5) is 15.6. The third-order valence-electron chi connectivity index (χ3n) is 2.93. The molecule has 1 atom stereocenters. The summed E-state index contributed by atoms with van der Waals surface area (Å²) in [6, 6.07) is 7.98. The molecule has 1 unspecified atom stereocenters. The minimum absolute atomic E-state index is 0.0918. The molecule has 3 rings (SSSR count). The fourth-order valence-corrected chi connectivity index (χ4v) is 2.09. The van der Waals surface area contributed by atoms with E-state index in [9.17, 15) is 4.79 Å². The average molecular weight is 225 g/mol. The summed E-state index contributed by atoms with van der Waals surface area (Å²) < 4.78 is 5.50. The summed E-state index contributed by atoms with van der Waals surface area (Å²) in [5.41, 5.74) is 0.973. The molecule has 0 saturated carbocycles. The van der Waals surface area contributed by atoms with E-state index in [1.165, 1.54) is 12.3 Å². The van der Waals surface area contributed by atoms with Crippen molar-refractivity contribution >= 4 is 16.6 Å². The Hall–Kier alpha value is -2.16. The second-order valence-electron chi connectivity index (χ2n) is 4.05. The Labute approximate surface area is 98.7 Å². The molecule has 1 aliphatic heterocycles. The summed E-state index contributed by atoms with van der Waals surface area (Å²) in [5.74, 6) is 0.0918. The third-order valence-corrected chi connectivity index (χ3v) is 2.93. The first kappa shape index (κ1) is 10.0. The lowest BCUT2D eigenvalue weighted by molar-refractivity contribution is -0.118. The lowest BCUT2D eigenvalue weighted by atomic mass is 9.99. The second kappa shape index (κ2) is 4.01. The van der Waals surface area contributed by atoms with Crippen molar-refractivity contribution in [1.29, 1.82) is 0 Å². The number of hydrogen-bond donors (Lipinski definition) is 0. The maximum Gasteiger partial charge on any atom is 0.162 e. The molecule has 17 heavy (non-hydrogen) atoms. The van der Waals surface area contributed by atoms with E-state index in [1.54, 1.807) is 6.20 Å². The van der Waals surface area contributed by atoms with Gasteiger partial charge in [0.15, 0.2) is 5.78 Å². The maximum atomic E-state index is 11.4. The van der Waals surface area contributed by atoms with Crippen molar-refractivity contribution in [2.24, 2.45) is 0 Å². The van der Waals surface area contributed by atoms with Gasteiger partial charge in [0.05, 0.1) is 12.7 Å². The topological polar surface area (TPSA) is 39.2 Å². The van der Waals surface area contributed by atoms with E-state index in [0.717, 1.165) is 16.3 Å². The van der Waals surface area contributed by atoms with E-state index in [0.29, 0.717) is 6.42 Å². The van der Waals surface area contributed by atoms with Crippen molar-refractivity contribution in [1.82, 2.24) is 4.98 Å². The van der Waals surface area contributed by atoms with Crippen molar-refractivity contribution in [3.63, 3.8) is 0 Å². The molecule has 3 heteroatoms. The lowest BCUT2D eigenvalue weighted by Crippen LogP contribution is -2.11. The number of allylic oxidation sites excluding steroid dienone is 1. The van der Waals surface area contributed by atoms with Crippen LogP contribution >= 0.6 is 0 Å². The average Bonchev–Trinajstić information content (AvgIpc) is 2.38. The second-order valence-corrected chi connectivity index (χ2v) is 4.05. The van der Waals surface area contributed by atoms with Crippen LogP contribution in [0.1, 0.15) is 18.1 Å². The molecule has 1 aromatic heterocycles. The Morgan fingerprint density at radius 1 is 1.24 bits per heavy atom. The van der Waals surface area contributed by atoms with Gasteiger partial charge >= 0.3 is 0 Å². The first-order valence-corrected chi connectivity index (χ1v) is 5.52. The summed E-state index contributed by atoms with van der Waals surface area (Å²) in [7, 11) is 0. The van der Waals surface area contributed by atoms with Gasteiger partial charge in [-0.05, 0) is 5.39 Å². The van der Waals surface area contributed by atoms with E-state index in [1.807, 2.05) is 30.5 Å². The molecule has 0 saturated heterocycles. The van der Waals surface area contributed by atoms with Crippen LogP contribution < -0.4 is 0 Å². The quantitative estimate of drug-likeness (QED) is 0.749. The van der Waals surface area contributed by atoms with Crippen LogP contribution in [0, 0.1) is 0 Å². The van der Waals surface area contributed by atoms with Gasteiger partial charge in [-0.1, -0.05) is 24.3 Å². The van der Waals surface area contributed by atoms with E-state index >= 15 is 0 Å². The Kier molecular flexibility index (Phi) is 2.37. The highest BCUT2D eigenvalue weighted by molar-refractivity contribution is 5.91. The van der Waals surface area contributed by atoms with Crippen LogP contribution in [-0.2, 0) is 9.53 Å². The normalized spacial score (nSPS) is 19.3. The van der Waals surface area contributed by atoms with E-state index in [2.05, 4.69) is 4.98 Å². The summed E-state index contributed by atoms with van der Waals surface area (Å²) in [6.07, 6.45) is 6.70. The van der Waals surface area contributed by atoms with Crippen LogP contribution in [0.5, 0.6) is 0 Å². The number of rotatable bonds is 1. The van der Waals surface area contributed by atoms with Crippen LogP contribution in [0.3, 0.4) is 0 Å². The van der Waals surface area contributed by atoms with Gasteiger partial charge in [-0.2, -0.15) is 0 Å². The monoisotopic (exact) mass is 225 g/mol. The van der Waals surface area contributed by atoms with Gasteiger partial charge in [0.1, 0.15) is 6.10 Å². The zero-order valence-corrected chi connectivity index (χ0v) is 9.17. The minimum atomic E-state index is -0.217. The summed E-state index contributed by atoms with van der Waals surface area (Å²) in [5, 5.41) is 2.16. The molecule has 1 aliphatic rings. The van der Waals surface area contributed by atoms with Crippen molar-refractivity contribution < 1.29 is 9.53 Å². The zero-order chi connectivity index (χ0) is 11.7. The highest BCUT2D eigenvalue weighted by Crippen LogP contribution is 2.30. The molecule has 0 radical (unpaired) electrons. The standard InChI is InChI=1S/C14H11NO2/c16-11-5-6-17-14(7-11)13-9-15-8-10-3-1-2-4-12(10)13/h1-6,8-9,14H,7H2. The van der Waals surface area contributed by atoms with Crippen LogP contribution in [-0.4, -0.2) is 10.8 Å². The predicted octanol–water partition coefficient (Wildman–Crippen LogP) is 2.78. The first-order chi connectivity index (χ1) is 8.34. The van der Waals surface area contributed by atoms with E-state index in [4.69, 9.17) is 4.74 Å². The molecule has 0 amide bonds. The lowest BCUT2D eigenvalue weighted by Gasteiger charge is -2.20. The Bertz CT molecular complexity index is 599. The Balaban J connectivity index is 2.11. The van der Waals surface area contributed by atoms with Gasteiger partial charge < -0.3 is 4.74 Å². The van der Waals surface area contributed by atoms with Crippen LogP contribution in [0.4, 0.5) is 0 Å². The summed E-state index contributed by atoms with van der Waals surface area (Å²) in [6.45, 7) is 0. The molecule has 0 N–H and O–H groups in total. The number of carbonyl (C=O) groups excluding carboxylic acids is 1. The largest absolute Gasteiger partial charge is 0.493 e. The van der Waals surface area contributed by atoms with Crippen molar-refractivity contribution in [2.75, 3.05) is 0 Å². The zero-order valence-electron chi connectivity index (χ0n) is 9.17. The minimum Gasteiger partial charge on any atom is -0.493 e. The predicted molar refractivity (Wildman–Crippen MR) is 64.3 cm³/mol. The van der Waals surface area contributed by atoms with Gasteiger partial charge in [-0.15, -0.1) is 0 Å². The van der Waals surface area contributed by atoms with Gasteiger partial charge in [0, 0.05) is 29.4 Å². The van der Waals surface area contributed by atoms with E-state index in [-0.39, 0.29) is 11.9 Å². The third kappa shape index (κ3) is 1.80. The number of hydrogen-bond acceptors (Lipinski definition) is 3. The van der Waals surface area contributed by atoms with E-state index < -0.39 is 0 Å². The molecule has 0 fully saturated rings. The molecule has 0 aliphatic carbocycles. The van der Waals surface area contributed by atoms with Gasteiger partial charge in [0.25, 0.3) is 0 Å². The first-order valence-electron chi connectivity index (χ1n) is 5.52. The molecular formula is C14H11NO2. The maximum absolute atomic E-state index is 11.4. The molecule has 0 spiro atoms. The summed E-state index contributed by atoms with van der Waals surface area (Å²) >= 11 is 0. The Morgan fingerprint density at radius 3 is 3.00 bits per heavy atom. The highest BCUT2D eigenvalue weighted by atomic mass is 16.5. The number of benzene rings is 1. The molecule has 3 nitrogen and oxygen atoms in total. The number of fused-ring (bicyclic) bond motifs is 1. The van der Waals surface area contributed by atoms with Crippen LogP contribution in [0.2, 0.25) is 0 Å². The fourth-order valence-electron chi connectivity index (χ4n) is 2.09. The number of pyridine rings is 1. The number of ketones is 1. The molecular weight excluding hydrogens is 214 g/mol. The molecule has 2 heterocycles. The highest BCUT2D eigenvalue weighted by Gasteiger charge is 2.20.